The van der Waals surface area contributed by atoms with Crippen molar-refractivity contribution in [2.24, 2.45) is 0 Å². The summed E-state index contributed by atoms with van der Waals surface area (Å²) in [5, 5.41) is 9.29. The maximum Gasteiger partial charge on any atom is 0.323 e. The van der Waals surface area contributed by atoms with Crippen LogP contribution in [0, 0.1) is 0 Å². The number of thioether (sulfide) groups is 1. The number of amides is 4. The molecule has 2 aromatic rings. The van der Waals surface area contributed by atoms with E-state index in [1.54, 1.807) is 54.2 Å². The molecule has 0 aromatic heterocycles. The van der Waals surface area contributed by atoms with E-state index in [4.69, 9.17) is 23.2 Å². The minimum Gasteiger partial charge on any atom is -0.350 e. The number of carbonyl (C=O) groups is 3. The van der Waals surface area contributed by atoms with Crippen molar-refractivity contribution in [2.45, 2.75) is 19.0 Å². The van der Waals surface area contributed by atoms with E-state index in [9.17, 15) is 14.4 Å². The monoisotopic (exact) mass is 480 g/mol. The van der Waals surface area contributed by atoms with Crippen LogP contribution in [-0.2, 0) is 16.1 Å². The lowest BCUT2D eigenvalue weighted by molar-refractivity contribution is -0.123. The predicted molar refractivity (Wildman–Crippen MR) is 126 cm³/mol. The summed E-state index contributed by atoms with van der Waals surface area (Å²) in [4.78, 5) is 39.1. The number of benzene rings is 2. The van der Waals surface area contributed by atoms with Gasteiger partial charge in [0.1, 0.15) is 12.6 Å². The Morgan fingerprint density at radius 3 is 2.74 bits per heavy atom. The van der Waals surface area contributed by atoms with Gasteiger partial charge >= 0.3 is 6.03 Å². The Kier molecular flexibility index (Phi) is 8.06. The van der Waals surface area contributed by atoms with E-state index in [2.05, 4.69) is 16.0 Å². The van der Waals surface area contributed by atoms with Gasteiger partial charge in [-0.1, -0.05) is 41.4 Å². The van der Waals surface area contributed by atoms with Crippen LogP contribution >= 0.6 is 35.0 Å². The molecular formula is C21H22Cl2N4O3S. The second kappa shape index (κ2) is 10.7. The van der Waals surface area contributed by atoms with Gasteiger partial charge in [0, 0.05) is 16.6 Å². The van der Waals surface area contributed by atoms with Crippen LogP contribution in [0.2, 0.25) is 10.0 Å². The number of urea groups is 1. The number of rotatable bonds is 7. The number of hydrogen-bond donors (Lipinski definition) is 3. The second-order valence-electron chi connectivity index (χ2n) is 6.89. The summed E-state index contributed by atoms with van der Waals surface area (Å²) in [6, 6.07) is 10.8. The number of anilines is 2. The molecule has 0 radical (unpaired) electrons. The first-order chi connectivity index (χ1) is 14.9. The highest BCUT2D eigenvalue weighted by Crippen LogP contribution is 2.29. The summed E-state index contributed by atoms with van der Waals surface area (Å²) in [7, 11) is 0. The largest absolute Gasteiger partial charge is 0.350 e. The second-order valence-corrected chi connectivity index (χ2v) is 8.72. The average Bonchev–Trinajstić information content (AvgIpc) is 2.75. The molecule has 31 heavy (non-hydrogen) atoms. The zero-order valence-electron chi connectivity index (χ0n) is 16.8. The van der Waals surface area contributed by atoms with Crippen molar-refractivity contribution in [3.8, 4) is 0 Å². The Balaban J connectivity index is 1.69. The Bertz CT molecular complexity index is 989. The lowest BCUT2D eigenvalue weighted by atomic mass is 10.1. The Morgan fingerprint density at radius 2 is 2.00 bits per heavy atom. The summed E-state index contributed by atoms with van der Waals surface area (Å²) >= 11 is 13.7. The molecule has 4 amide bonds. The molecule has 0 saturated carbocycles. The molecule has 164 valence electrons. The molecule has 1 atom stereocenters. The molecule has 3 N–H and O–H groups in total. The molecular weight excluding hydrogens is 459 g/mol. The minimum atomic E-state index is -0.761. The minimum absolute atomic E-state index is 0.125. The summed E-state index contributed by atoms with van der Waals surface area (Å²) in [5.41, 5.74) is 1.85. The van der Waals surface area contributed by atoms with Gasteiger partial charge in [-0.3, -0.25) is 14.5 Å². The molecule has 3 rings (SSSR count). The SMILES string of the molecule is CSCC[C@@H](NC(=O)N1CC(=O)Nc2ccccc21)C(=O)NCc1ccc(Cl)cc1Cl. The third-order valence-corrected chi connectivity index (χ3v) is 5.94. The normalized spacial score (nSPS) is 13.8. The van der Waals surface area contributed by atoms with Gasteiger partial charge in [0.2, 0.25) is 11.8 Å². The molecule has 0 bridgehead atoms. The van der Waals surface area contributed by atoms with E-state index in [0.717, 1.165) is 5.56 Å². The van der Waals surface area contributed by atoms with Crippen molar-refractivity contribution in [1.29, 1.82) is 0 Å². The fraction of sp³-hybridized carbons (Fsp3) is 0.286. The first kappa shape index (κ1) is 23.2. The maximum atomic E-state index is 13.0. The van der Waals surface area contributed by atoms with Crippen molar-refractivity contribution < 1.29 is 14.4 Å². The van der Waals surface area contributed by atoms with Crippen LogP contribution in [-0.4, -0.2) is 42.4 Å². The zero-order chi connectivity index (χ0) is 22.4. The van der Waals surface area contributed by atoms with E-state index >= 15 is 0 Å². The summed E-state index contributed by atoms with van der Waals surface area (Å²) in [6.45, 7) is 0.0789. The van der Waals surface area contributed by atoms with Crippen molar-refractivity contribution in [3.63, 3.8) is 0 Å². The number of para-hydroxylation sites is 2. The third kappa shape index (κ3) is 6.06. The van der Waals surface area contributed by atoms with E-state index in [1.165, 1.54) is 4.90 Å². The van der Waals surface area contributed by atoms with Crippen molar-refractivity contribution in [1.82, 2.24) is 10.6 Å². The van der Waals surface area contributed by atoms with Gasteiger partial charge in [-0.2, -0.15) is 11.8 Å². The summed E-state index contributed by atoms with van der Waals surface area (Å²) in [5.74, 6) is 0.0523. The smallest absolute Gasteiger partial charge is 0.323 e. The summed E-state index contributed by atoms with van der Waals surface area (Å²) in [6.07, 6.45) is 2.37. The molecule has 1 aliphatic rings. The first-order valence-electron chi connectivity index (χ1n) is 9.56. The van der Waals surface area contributed by atoms with Gasteiger partial charge in [0.15, 0.2) is 0 Å². The van der Waals surface area contributed by atoms with Crippen molar-refractivity contribution in [3.05, 3.63) is 58.1 Å². The van der Waals surface area contributed by atoms with Gasteiger partial charge in [-0.25, -0.2) is 4.79 Å². The number of hydrogen-bond acceptors (Lipinski definition) is 4. The highest BCUT2D eigenvalue weighted by atomic mass is 35.5. The lowest BCUT2D eigenvalue weighted by Crippen LogP contribution is -2.54. The maximum absolute atomic E-state index is 13.0. The fourth-order valence-electron chi connectivity index (χ4n) is 3.12. The quantitative estimate of drug-likeness (QED) is 0.560. The average molecular weight is 481 g/mol. The Morgan fingerprint density at radius 1 is 1.23 bits per heavy atom. The molecule has 7 nitrogen and oxygen atoms in total. The van der Waals surface area contributed by atoms with Gasteiger partial charge < -0.3 is 16.0 Å². The topological polar surface area (TPSA) is 90.5 Å². The van der Waals surface area contributed by atoms with E-state index in [0.29, 0.717) is 33.6 Å². The first-order valence-corrected chi connectivity index (χ1v) is 11.7. The van der Waals surface area contributed by atoms with E-state index in [-0.39, 0.29) is 24.9 Å². The number of nitrogens with one attached hydrogen (secondary N) is 3. The van der Waals surface area contributed by atoms with Crippen LogP contribution in [0.5, 0.6) is 0 Å². The molecule has 1 aliphatic heterocycles. The molecule has 1 heterocycles. The molecule has 10 heteroatoms. The van der Waals surface area contributed by atoms with Crippen LogP contribution in [0.25, 0.3) is 0 Å². The zero-order valence-corrected chi connectivity index (χ0v) is 19.1. The van der Waals surface area contributed by atoms with E-state index in [1.807, 2.05) is 6.26 Å². The summed E-state index contributed by atoms with van der Waals surface area (Å²) < 4.78 is 0. The fourth-order valence-corrected chi connectivity index (χ4v) is 4.06. The molecule has 0 fully saturated rings. The van der Waals surface area contributed by atoms with Crippen LogP contribution in [0.1, 0.15) is 12.0 Å². The highest BCUT2D eigenvalue weighted by Gasteiger charge is 2.29. The van der Waals surface area contributed by atoms with Gasteiger partial charge in [0.05, 0.1) is 11.4 Å². The number of fused-ring (bicyclic) bond motifs is 1. The Labute approximate surface area is 194 Å². The van der Waals surface area contributed by atoms with Gasteiger partial charge in [-0.15, -0.1) is 0 Å². The number of nitrogens with zero attached hydrogens (tertiary/aromatic N) is 1. The number of carbonyl (C=O) groups excluding carboxylic acids is 3. The molecule has 0 spiro atoms. The Hall–Kier alpha value is -2.42. The van der Waals surface area contributed by atoms with Crippen LogP contribution in [0.3, 0.4) is 0 Å². The molecule has 0 unspecified atom stereocenters. The van der Waals surface area contributed by atoms with Gasteiger partial charge in [0.25, 0.3) is 0 Å². The third-order valence-electron chi connectivity index (χ3n) is 4.71. The van der Waals surface area contributed by atoms with Crippen LogP contribution in [0.4, 0.5) is 16.2 Å². The van der Waals surface area contributed by atoms with Crippen LogP contribution in [0.15, 0.2) is 42.5 Å². The highest BCUT2D eigenvalue weighted by molar-refractivity contribution is 7.98. The molecule has 2 aromatic carbocycles. The standard InChI is InChI=1S/C21H22Cl2N4O3S/c1-31-9-8-17(20(29)24-11-13-6-7-14(22)10-15(13)23)26-21(30)27-12-19(28)25-16-4-2-3-5-18(16)27/h2-7,10,17H,8-9,11-12H2,1H3,(H,24,29)(H,25,28)(H,26,30)/t17-/m1/s1. The van der Waals surface area contributed by atoms with Crippen molar-refractivity contribution >= 4 is 64.2 Å². The predicted octanol–water partition coefficient (Wildman–Crippen LogP) is 3.90. The number of halogens is 2. The van der Waals surface area contributed by atoms with Crippen molar-refractivity contribution in [2.75, 3.05) is 28.8 Å². The van der Waals surface area contributed by atoms with E-state index < -0.39 is 12.1 Å². The van der Waals surface area contributed by atoms with Crippen LogP contribution < -0.4 is 20.9 Å². The van der Waals surface area contributed by atoms with Gasteiger partial charge in [-0.05, 0) is 48.3 Å². The lowest BCUT2D eigenvalue weighted by Gasteiger charge is -2.30. The molecule has 0 saturated heterocycles. The molecule has 0 aliphatic carbocycles.